The third-order valence-corrected chi connectivity index (χ3v) is 7.94. The molecular weight excluding hydrogens is 498 g/mol. The highest BCUT2D eigenvalue weighted by atomic mass is 35.5. The molecule has 0 atom stereocenters. The molecule has 186 valence electrons. The van der Waals surface area contributed by atoms with Crippen LogP contribution in [-0.2, 0) is 9.84 Å². The van der Waals surface area contributed by atoms with Crippen molar-refractivity contribution < 1.29 is 17.6 Å². The zero-order valence-corrected chi connectivity index (χ0v) is 21.4. The van der Waals surface area contributed by atoms with Gasteiger partial charge in [-0.25, -0.2) is 8.42 Å². The summed E-state index contributed by atoms with van der Waals surface area (Å²) in [5.41, 5.74) is 1.71. The van der Waals surface area contributed by atoms with Gasteiger partial charge >= 0.3 is 0 Å². The number of benzene rings is 3. The second kappa shape index (κ2) is 10.2. The third kappa shape index (κ3) is 4.92. The zero-order valence-electron chi connectivity index (χ0n) is 19.8. The van der Waals surface area contributed by atoms with Crippen LogP contribution in [0.2, 0.25) is 5.02 Å². The minimum absolute atomic E-state index is 0.0752. The number of anilines is 2. The average Bonchev–Trinajstić information content (AvgIpc) is 3.36. The summed E-state index contributed by atoms with van der Waals surface area (Å²) in [6, 6.07) is 23.3. The van der Waals surface area contributed by atoms with E-state index in [1.807, 2.05) is 60.4 Å². The fraction of sp³-hybridized carbons (Fsp3) is 0.222. The molecule has 2 heterocycles. The molecule has 4 aromatic rings. The Morgan fingerprint density at radius 3 is 2.28 bits per heavy atom. The molecule has 0 bridgehead atoms. The van der Waals surface area contributed by atoms with Crippen LogP contribution in [0.15, 0.2) is 93.2 Å². The van der Waals surface area contributed by atoms with Gasteiger partial charge in [-0.05, 0) is 61.5 Å². The van der Waals surface area contributed by atoms with E-state index in [-0.39, 0.29) is 21.7 Å². The monoisotopic (exact) mass is 523 g/mol. The second-order valence-corrected chi connectivity index (χ2v) is 10.7. The van der Waals surface area contributed by atoms with Crippen molar-refractivity contribution in [3.63, 3.8) is 0 Å². The van der Waals surface area contributed by atoms with Crippen LogP contribution in [0.5, 0.6) is 5.75 Å². The first-order valence-corrected chi connectivity index (χ1v) is 13.6. The van der Waals surface area contributed by atoms with E-state index in [4.69, 9.17) is 20.8 Å². The number of ether oxygens (including phenoxy) is 1. The van der Waals surface area contributed by atoms with Crippen LogP contribution >= 0.6 is 11.6 Å². The van der Waals surface area contributed by atoms with Crippen LogP contribution in [0.3, 0.4) is 0 Å². The fourth-order valence-corrected chi connectivity index (χ4v) is 5.74. The van der Waals surface area contributed by atoms with Crippen molar-refractivity contribution >= 4 is 33.0 Å². The second-order valence-electron chi connectivity index (χ2n) is 8.36. The normalized spacial score (nSPS) is 14.2. The van der Waals surface area contributed by atoms with E-state index in [2.05, 4.69) is 9.88 Å². The molecule has 0 aliphatic carbocycles. The van der Waals surface area contributed by atoms with Gasteiger partial charge in [0.2, 0.25) is 26.6 Å². The molecule has 7 nitrogen and oxygen atoms in total. The van der Waals surface area contributed by atoms with E-state index in [9.17, 15) is 8.42 Å². The molecule has 0 amide bonds. The van der Waals surface area contributed by atoms with Gasteiger partial charge in [-0.1, -0.05) is 35.9 Å². The summed E-state index contributed by atoms with van der Waals surface area (Å²) < 4.78 is 38.9. The molecule has 1 saturated heterocycles. The molecule has 1 fully saturated rings. The molecule has 1 aliphatic rings. The lowest BCUT2D eigenvalue weighted by Gasteiger charge is -2.36. The Balaban J connectivity index is 1.48. The molecule has 1 aliphatic heterocycles. The number of aromatic nitrogens is 1. The first-order chi connectivity index (χ1) is 17.5. The van der Waals surface area contributed by atoms with E-state index in [0.29, 0.717) is 43.4 Å². The zero-order chi connectivity index (χ0) is 25.1. The van der Waals surface area contributed by atoms with E-state index < -0.39 is 9.84 Å². The first-order valence-electron chi connectivity index (χ1n) is 11.8. The SMILES string of the molecule is CCOc1ccc(-c2nc(S(=O)(=O)c3ccccc3)c(N3CCN(c4cccc(Cl)c4)CC3)o2)cc1. The van der Waals surface area contributed by atoms with Crippen molar-refractivity contribution in [2.75, 3.05) is 42.6 Å². The highest BCUT2D eigenvalue weighted by molar-refractivity contribution is 7.91. The largest absolute Gasteiger partial charge is 0.494 e. The summed E-state index contributed by atoms with van der Waals surface area (Å²) in [4.78, 5) is 8.84. The molecule has 0 N–H and O–H groups in total. The van der Waals surface area contributed by atoms with Crippen LogP contribution in [0.4, 0.5) is 11.6 Å². The van der Waals surface area contributed by atoms with Gasteiger partial charge in [0, 0.05) is 42.5 Å². The van der Waals surface area contributed by atoms with Crippen LogP contribution in [0, 0.1) is 0 Å². The minimum Gasteiger partial charge on any atom is -0.494 e. The van der Waals surface area contributed by atoms with Crippen molar-refractivity contribution in [3.8, 4) is 17.2 Å². The highest BCUT2D eigenvalue weighted by Crippen LogP contribution is 2.36. The van der Waals surface area contributed by atoms with Gasteiger partial charge in [0.25, 0.3) is 0 Å². The predicted octanol–water partition coefficient (Wildman–Crippen LogP) is 5.55. The molecular formula is C27H26ClN3O4S. The van der Waals surface area contributed by atoms with Gasteiger partial charge in [0.05, 0.1) is 11.5 Å². The summed E-state index contributed by atoms with van der Waals surface area (Å²) in [7, 11) is -3.90. The summed E-state index contributed by atoms with van der Waals surface area (Å²) in [6.45, 7) is 4.99. The number of oxazole rings is 1. The van der Waals surface area contributed by atoms with Crippen LogP contribution in [-0.4, -0.2) is 46.2 Å². The molecule has 3 aromatic carbocycles. The van der Waals surface area contributed by atoms with E-state index in [1.54, 1.807) is 30.3 Å². The maximum atomic E-state index is 13.6. The molecule has 0 radical (unpaired) electrons. The third-order valence-electron chi connectivity index (χ3n) is 6.04. The maximum absolute atomic E-state index is 13.6. The minimum atomic E-state index is -3.90. The molecule has 1 aromatic heterocycles. The van der Waals surface area contributed by atoms with Gasteiger partial charge in [-0.3, -0.25) is 0 Å². The molecule has 0 unspecified atom stereocenters. The molecule has 5 rings (SSSR count). The Kier molecular flexibility index (Phi) is 6.89. The smallest absolute Gasteiger partial charge is 0.236 e. The molecule has 0 saturated carbocycles. The Hall–Kier alpha value is -3.49. The van der Waals surface area contributed by atoms with Gasteiger partial charge in [-0.15, -0.1) is 0 Å². The number of rotatable bonds is 7. The van der Waals surface area contributed by atoms with E-state index in [1.165, 1.54) is 0 Å². The molecule has 9 heteroatoms. The summed E-state index contributed by atoms with van der Waals surface area (Å²) in [5.74, 6) is 1.23. The lowest BCUT2D eigenvalue weighted by molar-refractivity contribution is 0.340. The first kappa shape index (κ1) is 24.2. The standard InChI is InChI=1S/C27H26ClN3O4S/c1-2-34-23-13-11-20(12-14-23)25-29-26(36(32,33)24-9-4-3-5-10-24)27(35-25)31-17-15-30(16-18-31)22-8-6-7-21(28)19-22/h3-14,19H,2,15-18H2,1H3. The Morgan fingerprint density at radius 2 is 1.61 bits per heavy atom. The Bertz CT molecular complexity index is 1430. The van der Waals surface area contributed by atoms with Crippen molar-refractivity contribution in [1.82, 2.24) is 4.98 Å². The number of piperazine rings is 1. The van der Waals surface area contributed by atoms with Gasteiger partial charge in [-0.2, -0.15) is 4.98 Å². The number of hydrogen-bond acceptors (Lipinski definition) is 7. The predicted molar refractivity (Wildman–Crippen MR) is 141 cm³/mol. The lowest BCUT2D eigenvalue weighted by Crippen LogP contribution is -2.46. The van der Waals surface area contributed by atoms with Gasteiger partial charge in [0.15, 0.2) is 0 Å². The Morgan fingerprint density at radius 1 is 0.917 bits per heavy atom. The van der Waals surface area contributed by atoms with Gasteiger partial charge in [0.1, 0.15) is 5.75 Å². The number of halogens is 1. The van der Waals surface area contributed by atoms with Crippen LogP contribution in [0.1, 0.15) is 6.92 Å². The summed E-state index contributed by atoms with van der Waals surface area (Å²) >= 11 is 6.17. The van der Waals surface area contributed by atoms with Crippen molar-refractivity contribution in [1.29, 1.82) is 0 Å². The average molecular weight is 524 g/mol. The quantitative estimate of drug-likeness (QED) is 0.314. The summed E-state index contributed by atoms with van der Waals surface area (Å²) in [5, 5.41) is 0.607. The highest BCUT2D eigenvalue weighted by Gasteiger charge is 2.33. The number of sulfone groups is 1. The van der Waals surface area contributed by atoms with Crippen molar-refractivity contribution in [2.45, 2.75) is 16.8 Å². The molecule has 0 spiro atoms. The van der Waals surface area contributed by atoms with Crippen molar-refractivity contribution in [2.24, 2.45) is 0 Å². The van der Waals surface area contributed by atoms with E-state index in [0.717, 1.165) is 11.4 Å². The number of hydrogen-bond donors (Lipinski definition) is 0. The van der Waals surface area contributed by atoms with Crippen LogP contribution in [0.25, 0.3) is 11.5 Å². The van der Waals surface area contributed by atoms with Crippen molar-refractivity contribution in [3.05, 3.63) is 83.9 Å². The van der Waals surface area contributed by atoms with Crippen LogP contribution < -0.4 is 14.5 Å². The number of nitrogens with zero attached hydrogens (tertiary/aromatic N) is 3. The topological polar surface area (TPSA) is 75.9 Å². The lowest BCUT2D eigenvalue weighted by atomic mass is 10.2. The fourth-order valence-electron chi connectivity index (χ4n) is 4.21. The maximum Gasteiger partial charge on any atom is 0.236 e. The Labute approximate surface area is 215 Å². The summed E-state index contributed by atoms with van der Waals surface area (Å²) in [6.07, 6.45) is 0. The van der Waals surface area contributed by atoms with E-state index >= 15 is 0 Å². The molecule has 36 heavy (non-hydrogen) atoms. The van der Waals surface area contributed by atoms with Gasteiger partial charge < -0.3 is 19.0 Å².